The van der Waals surface area contributed by atoms with Gasteiger partial charge in [0.2, 0.25) is 10.0 Å². The Morgan fingerprint density at radius 1 is 1.13 bits per heavy atom. The minimum Gasteiger partial charge on any atom is -0.229 e. The molecule has 0 rings (SSSR count). The number of sulfonamides is 1. The molecule has 0 amide bonds. The highest BCUT2D eigenvalue weighted by molar-refractivity contribution is 7.92. The van der Waals surface area contributed by atoms with Gasteiger partial charge in [-0.3, -0.25) is 0 Å². The number of sulfone groups is 1. The quantitative estimate of drug-likeness (QED) is 0.759. The molecule has 0 radical (unpaired) electrons. The van der Waals surface area contributed by atoms with Crippen molar-refractivity contribution in [3.05, 3.63) is 0 Å². The van der Waals surface area contributed by atoms with Gasteiger partial charge in [0.1, 0.15) is 0 Å². The number of hydrogen-bond donors (Lipinski definition) is 1. The van der Waals surface area contributed by atoms with Gasteiger partial charge in [0.05, 0.1) is 10.00 Å². The summed E-state index contributed by atoms with van der Waals surface area (Å²) in [7, 11) is -6.68. The molecule has 0 aromatic heterocycles. The Hall–Kier alpha value is -0.140. The van der Waals surface area contributed by atoms with Crippen LogP contribution in [0.3, 0.4) is 0 Å². The molecule has 0 saturated heterocycles. The first-order chi connectivity index (χ1) is 6.40. The first-order valence-electron chi connectivity index (χ1n) is 4.58. The van der Waals surface area contributed by atoms with Gasteiger partial charge in [0, 0.05) is 12.8 Å². The molecule has 5 nitrogen and oxygen atoms in total. The van der Waals surface area contributed by atoms with E-state index in [1.165, 1.54) is 27.7 Å². The zero-order valence-corrected chi connectivity index (χ0v) is 11.4. The maximum atomic E-state index is 11.4. The minimum atomic E-state index is -3.41. The minimum absolute atomic E-state index is 0.105. The van der Waals surface area contributed by atoms with Crippen molar-refractivity contribution in [2.75, 3.05) is 12.8 Å². The van der Waals surface area contributed by atoms with Crippen LogP contribution in [0.4, 0.5) is 0 Å². The molecule has 0 heterocycles. The zero-order valence-electron chi connectivity index (χ0n) is 9.73. The molecule has 0 atom stereocenters. The van der Waals surface area contributed by atoms with Gasteiger partial charge in [-0.15, -0.1) is 0 Å². The van der Waals surface area contributed by atoms with Crippen LogP contribution in [0.15, 0.2) is 0 Å². The topological polar surface area (TPSA) is 80.3 Å². The summed E-state index contributed by atoms with van der Waals surface area (Å²) in [5.74, 6) is 0. The molecule has 92 valence electrons. The van der Waals surface area contributed by atoms with E-state index in [9.17, 15) is 16.8 Å². The molecule has 0 aromatic rings. The number of hydrogen-bond acceptors (Lipinski definition) is 4. The smallest absolute Gasteiger partial charge is 0.213 e. The number of nitrogens with one attached hydrogen (secondary N) is 1. The summed E-state index contributed by atoms with van der Waals surface area (Å²) in [4.78, 5) is 0. The summed E-state index contributed by atoms with van der Waals surface area (Å²) < 4.78 is 46.6. The summed E-state index contributed by atoms with van der Waals surface area (Å²) in [5, 5.41) is -0.562. The Morgan fingerprint density at radius 3 is 1.80 bits per heavy atom. The molecule has 0 aliphatic heterocycles. The molecule has 15 heavy (non-hydrogen) atoms. The fourth-order valence-electron chi connectivity index (χ4n) is 0.572. The van der Waals surface area contributed by atoms with E-state index in [1.807, 2.05) is 0 Å². The summed E-state index contributed by atoms with van der Waals surface area (Å²) >= 11 is 0. The third kappa shape index (κ3) is 4.08. The molecular weight excluding hydrogens is 238 g/mol. The third-order valence-electron chi connectivity index (χ3n) is 2.32. The van der Waals surface area contributed by atoms with Crippen molar-refractivity contribution in [1.82, 2.24) is 4.72 Å². The van der Waals surface area contributed by atoms with E-state index in [0.29, 0.717) is 0 Å². The third-order valence-corrected chi connectivity index (χ3v) is 6.26. The average molecular weight is 257 g/mol. The van der Waals surface area contributed by atoms with E-state index in [4.69, 9.17) is 0 Å². The molecule has 1 N–H and O–H groups in total. The van der Waals surface area contributed by atoms with E-state index >= 15 is 0 Å². The predicted octanol–water partition coefficient (Wildman–Crippen LogP) is 0.137. The van der Waals surface area contributed by atoms with Gasteiger partial charge in [-0.2, -0.15) is 0 Å². The van der Waals surface area contributed by atoms with E-state index in [1.54, 1.807) is 0 Å². The lowest BCUT2D eigenvalue weighted by molar-refractivity contribution is 0.534. The molecule has 0 saturated carbocycles. The van der Waals surface area contributed by atoms with Gasteiger partial charge in [-0.05, 0) is 27.7 Å². The Balaban J connectivity index is 4.69. The van der Waals surface area contributed by atoms with Crippen molar-refractivity contribution in [2.45, 2.75) is 37.7 Å². The van der Waals surface area contributed by atoms with Crippen molar-refractivity contribution in [1.29, 1.82) is 0 Å². The summed E-state index contributed by atoms with van der Waals surface area (Å²) in [6.07, 6.45) is 1.09. The summed E-state index contributed by atoms with van der Waals surface area (Å²) in [5.41, 5.74) is 0. The van der Waals surface area contributed by atoms with E-state index < -0.39 is 29.9 Å². The molecule has 0 bridgehead atoms. The van der Waals surface area contributed by atoms with E-state index in [-0.39, 0.29) is 6.54 Å². The molecule has 7 heteroatoms. The van der Waals surface area contributed by atoms with Crippen molar-refractivity contribution < 1.29 is 16.8 Å². The monoisotopic (exact) mass is 257 g/mol. The molecule has 0 fully saturated rings. The van der Waals surface area contributed by atoms with Crippen LogP contribution in [-0.2, 0) is 19.9 Å². The van der Waals surface area contributed by atoms with E-state index in [2.05, 4.69) is 4.72 Å². The second-order valence-corrected chi connectivity index (χ2v) is 9.42. The molecular formula is C8H19NO4S2. The van der Waals surface area contributed by atoms with Crippen LogP contribution in [0.2, 0.25) is 0 Å². The Bertz CT molecular complexity index is 406. The van der Waals surface area contributed by atoms with Crippen LogP contribution in [0, 0.1) is 0 Å². The highest BCUT2D eigenvalue weighted by Gasteiger charge is 2.32. The second kappa shape index (κ2) is 4.39. The maximum absolute atomic E-state index is 11.4. The highest BCUT2D eigenvalue weighted by atomic mass is 32.2. The highest BCUT2D eigenvalue weighted by Crippen LogP contribution is 2.14. The van der Waals surface area contributed by atoms with Gasteiger partial charge < -0.3 is 0 Å². The lowest BCUT2D eigenvalue weighted by Gasteiger charge is -2.23. The Morgan fingerprint density at radius 2 is 1.53 bits per heavy atom. The van der Waals surface area contributed by atoms with Gasteiger partial charge in [-0.1, -0.05) is 0 Å². The van der Waals surface area contributed by atoms with Gasteiger partial charge in [0.25, 0.3) is 0 Å². The van der Waals surface area contributed by atoms with Crippen molar-refractivity contribution in [3.8, 4) is 0 Å². The van der Waals surface area contributed by atoms with Gasteiger partial charge in [0.15, 0.2) is 9.84 Å². The Labute approximate surface area is 92.2 Å². The number of rotatable bonds is 5. The lowest BCUT2D eigenvalue weighted by atomic mass is 10.2. The van der Waals surface area contributed by atoms with Crippen LogP contribution in [0.25, 0.3) is 0 Å². The zero-order chi connectivity index (χ0) is 12.5. The fourth-order valence-corrected chi connectivity index (χ4v) is 1.89. The van der Waals surface area contributed by atoms with Crippen LogP contribution in [-0.4, -0.2) is 39.6 Å². The predicted molar refractivity (Wildman–Crippen MR) is 61.0 cm³/mol. The second-order valence-electron chi connectivity index (χ2n) is 4.45. The fraction of sp³-hybridized carbons (Fsp3) is 1.00. The summed E-state index contributed by atoms with van der Waals surface area (Å²) in [6.45, 7) is 5.95. The average Bonchev–Trinajstić information content (AvgIpc) is 1.99. The molecule has 0 aliphatic carbocycles. The molecule has 0 unspecified atom stereocenters. The Kier molecular flexibility index (Phi) is 4.35. The SMILES string of the molecule is CC(C)S(=O)(=O)NCC(C)(C)S(C)(=O)=O. The van der Waals surface area contributed by atoms with Crippen molar-refractivity contribution >= 4 is 19.9 Å². The van der Waals surface area contributed by atoms with Gasteiger partial charge >= 0.3 is 0 Å². The maximum Gasteiger partial charge on any atom is 0.213 e. The standard InChI is InChI=1S/C8H19NO4S2/c1-7(2)15(12,13)9-6-8(3,4)14(5,10)11/h7,9H,6H2,1-5H3. The van der Waals surface area contributed by atoms with Crippen LogP contribution in [0.1, 0.15) is 27.7 Å². The summed E-state index contributed by atoms with van der Waals surface area (Å²) in [6, 6.07) is 0. The molecule has 0 aliphatic rings. The molecule has 0 aromatic carbocycles. The van der Waals surface area contributed by atoms with Gasteiger partial charge in [-0.25, -0.2) is 21.6 Å². The first kappa shape index (κ1) is 14.9. The van der Waals surface area contributed by atoms with Crippen molar-refractivity contribution in [2.24, 2.45) is 0 Å². The largest absolute Gasteiger partial charge is 0.229 e. The van der Waals surface area contributed by atoms with Crippen LogP contribution >= 0.6 is 0 Å². The lowest BCUT2D eigenvalue weighted by Crippen LogP contribution is -2.45. The van der Waals surface area contributed by atoms with Crippen LogP contribution < -0.4 is 4.72 Å². The van der Waals surface area contributed by atoms with E-state index in [0.717, 1.165) is 6.26 Å². The normalized spacial score (nSPS) is 14.5. The van der Waals surface area contributed by atoms with Crippen molar-refractivity contribution in [3.63, 3.8) is 0 Å². The molecule has 0 spiro atoms. The first-order valence-corrected chi connectivity index (χ1v) is 8.02. The van der Waals surface area contributed by atoms with Crippen LogP contribution in [0.5, 0.6) is 0 Å².